The second-order valence-electron chi connectivity index (χ2n) is 7.13. The van der Waals surface area contributed by atoms with Gasteiger partial charge in [0.2, 0.25) is 11.6 Å². The lowest BCUT2D eigenvalue weighted by Crippen LogP contribution is -2.36. The third kappa shape index (κ3) is 5.35. The summed E-state index contributed by atoms with van der Waals surface area (Å²) in [5.41, 5.74) is 0.695. The van der Waals surface area contributed by atoms with Crippen molar-refractivity contribution in [1.82, 2.24) is 0 Å². The van der Waals surface area contributed by atoms with E-state index < -0.39 is 17.5 Å². The van der Waals surface area contributed by atoms with E-state index in [0.717, 1.165) is 19.3 Å². The number of carbonyl (C=O) groups is 3. The molecule has 1 atom stereocenters. The molecule has 1 aromatic rings. The molecule has 2 rings (SSSR count). The Hall–Kier alpha value is -1.77. The first-order chi connectivity index (χ1) is 12.2. The molecule has 0 saturated heterocycles. The normalized spacial score (nSPS) is 17.0. The molecule has 0 N–H and O–H groups in total. The largest absolute Gasteiger partial charge is 0.293 e. The first-order valence-electron chi connectivity index (χ1n) is 9.88. The number of unbranched alkanes of at least 4 members (excludes halogenated alkanes) is 9. The van der Waals surface area contributed by atoms with E-state index in [1.165, 1.54) is 44.9 Å². The zero-order valence-corrected chi connectivity index (χ0v) is 15.4. The van der Waals surface area contributed by atoms with E-state index in [0.29, 0.717) is 12.0 Å². The lowest BCUT2D eigenvalue weighted by atomic mass is 9.78. The van der Waals surface area contributed by atoms with Crippen LogP contribution in [0.4, 0.5) is 0 Å². The molecule has 1 unspecified atom stereocenters. The van der Waals surface area contributed by atoms with E-state index in [9.17, 15) is 14.4 Å². The number of fused-ring (bicyclic) bond motifs is 1. The van der Waals surface area contributed by atoms with Gasteiger partial charge in [0.05, 0.1) is 5.92 Å². The van der Waals surface area contributed by atoms with Crippen LogP contribution in [0.1, 0.15) is 98.3 Å². The van der Waals surface area contributed by atoms with Crippen LogP contribution < -0.4 is 0 Å². The monoisotopic (exact) mass is 342 g/mol. The van der Waals surface area contributed by atoms with Crippen molar-refractivity contribution < 1.29 is 14.4 Å². The van der Waals surface area contributed by atoms with E-state index in [-0.39, 0.29) is 11.3 Å². The molecule has 0 saturated carbocycles. The third-order valence-corrected chi connectivity index (χ3v) is 5.14. The van der Waals surface area contributed by atoms with E-state index in [1.54, 1.807) is 24.3 Å². The summed E-state index contributed by atoms with van der Waals surface area (Å²) in [5.74, 6) is -1.93. The van der Waals surface area contributed by atoms with Crippen molar-refractivity contribution in [1.29, 1.82) is 0 Å². The molecule has 0 amide bonds. The maximum absolute atomic E-state index is 12.5. The van der Waals surface area contributed by atoms with Gasteiger partial charge in [0.25, 0.3) is 0 Å². The van der Waals surface area contributed by atoms with E-state index in [4.69, 9.17) is 0 Å². The highest BCUT2D eigenvalue weighted by Gasteiger charge is 2.39. The summed E-state index contributed by atoms with van der Waals surface area (Å²) in [7, 11) is 0. The number of ketones is 3. The Morgan fingerprint density at radius 3 is 1.80 bits per heavy atom. The first kappa shape index (κ1) is 19.6. The van der Waals surface area contributed by atoms with Crippen LogP contribution in [0.3, 0.4) is 0 Å². The summed E-state index contributed by atoms with van der Waals surface area (Å²) in [6.07, 6.45) is 12.6. The standard InChI is InChI=1S/C22H30O3/c1-2-3-4-5-6-7-8-9-10-11-16-19-20(23)17-14-12-13-15-18(17)21(24)22(19)25/h12-15,19H,2-11,16H2,1H3. The molecule has 0 aromatic heterocycles. The SMILES string of the molecule is CCCCCCCCCCCCC1C(=O)C(=O)c2ccccc2C1=O. The summed E-state index contributed by atoms with van der Waals surface area (Å²) in [5, 5.41) is 0. The average molecular weight is 342 g/mol. The summed E-state index contributed by atoms with van der Waals surface area (Å²) >= 11 is 0. The van der Waals surface area contributed by atoms with Crippen molar-refractivity contribution in [3.63, 3.8) is 0 Å². The summed E-state index contributed by atoms with van der Waals surface area (Å²) in [6, 6.07) is 6.68. The molecular weight excluding hydrogens is 312 g/mol. The van der Waals surface area contributed by atoms with Crippen molar-refractivity contribution >= 4 is 17.3 Å². The molecule has 0 radical (unpaired) electrons. The highest BCUT2D eigenvalue weighted by Crippen LogP contribution is 2.27. The lowest BCUT2D eigenvalue weighted by molar-refractivity contribution is -0.117. The Morgan fingerprint density at radius 2 is 1.20 bits per heavy atom. The van der Waals surface area contributed by atoms with Gasteiger partial charge in [0.1, 0.15) is 0 Å². The van der Waals surface area contributed by atoms with Crippen molar-refractivity contribution in [2.45, 2.75) is 77.6 Å². The van der Waals surface area contributed by atoms with Gasteiger partial charge in [-0.15, -0.1) is 0 Å². The van der Waals surface area contributed by atoms with Crippen molar-refractivity contribution in [2.24, 2.45) is 5.92 Å². The topological polar surface area (TPSA) is 51.2 Å². The molecule has 0 aliphatic heterocycles. The molecule has 25 heavy (non-hydrogen) atoms. The third-order valence-electron chi connectivity index (χ3n) is 5.14. The molecule has 1 aliphatic rings. The summed E-state index contributed by atoms with van der Waals surface area (Å²) in [4.78, 5) is 36.9. The minimum Gasteiger partial charge on any atom is -0.293 e. The molecule has 0 heterocycles. The molecule has 0 fully saturated rings. The van der Waals surface area contributed by atoms with E-state index >= 15 is 0 Å². The maximum Gasteiger partial charge on any atom is 0.230 e. The molecule has 1 aliphatic carbocycles. The number of carbonyl (C=O) groups excluding carboxylic acids is 3. The first-order valence-corrected chi connectivity index (χ1v) is 9.88. The quantitative estimate of drug-likeness (QED) is 0.300. The number of Topliss-reactive ketones (excluding diaryl/α,β-unsaturated/α-hetero) is 3. The van der Waals surface area contributed by atoms with Crippen LogP contribution in [0.25, 0.3) is 0 Å². The van der Waals surface area contributed by atoms with Gasteiger partial charge in [-0.1, -0.05) is 95.4 Å². The molecule has 1 aromatic carbocycles. The van der Waals surface area contributed by atoms with Gasteiger partial charge in [-0.05, 0) is 6.42 Å². The molecule has 3 heteroatoms. The minimum absolute atomic E-state index is 0.170. The fraction of sp³-hybridized carbons (Fsp3) is 0.591. The summed E-state index contributed by atoms with van der Waals surface area (Å²) < 4.78 is 0. The van der Waals surface area contributed by atoms with Crippen molar-refractivity contribution in [2.75, 3.05) is 0 Å². The number of hydrogen-bond acceptors (Lipinski definition) is 3. The van der Waals surface area contributed by atoms with E-state index in [1.807, 2.05) is 0 Å². The molecule has 136 valence electrons. The Kier molecular flexibility index (Phi) is 8.03. The predicted octanol–water partition coefficient (Wildman–Crippen LogP) is 5.56. The van der Waals surface area contributed by atoms with Crippen LogP contribution in [0.5, 0.6) is 0 Å². The van der Waals surface area contributed by atoms with Crippen LogP contribution in [0.2, 0.25) is 0 Å². The van der Waals surface area contributed by atoms with Crippen molar-refractivity contribution in [3.8, 4) is 0 Å². The van der Waals surface area contributed by atoms with Crippen LogP contribution >= 0.6 is 0 Å². The Balaban J connectivity index is 1.69. The minimum atomic E-state index is -0.753. The van der Waals surface area contributed by atoms with Crippen LogP contribution in [0.15, 0.2) is 24.3 Å². The highest BCUT2D eigenvalue weighted by molar-refractivity contribution is 6.51. The maximum atomic E-state index is 12.5. The second kappa shape index (κ2) is 10.3. The van der Waals surface area contributed by atoms with E-state index in [2.05, 4.69) is 6.92 Å². The van der Waals surface area contributed by atoms with Crippen LogP contribution in [-0.2, 0) is 4.79 Å². The zero-order chi connectivity index (χ0) is 18.1. The van der Waals surface area contributed by atoms with Gasteiger partial charge in [0, 0.05) is 11.1 Å². The fourth-order valence-corrected chi connectivity index (χ4v) is 3.59. The van der Waals surface area contributed by atoms with Gasteiger partial charge < -0.3 is 0 Å². The number of rotatable bonds is 11. The predicted molar refractivity (Wildman–Crippen MR) is 100 cm³/mol. The average Bonchev–Trinajstić information content (AvgIpc) is 2.64. The Labute approximate surface area is 151 Å². The van der Waals surface area contributed by atoms with Gasteiger partial charge >= 0.3 is 0 Å². The smallest absolute Gasteiger partial charge is 0.230 e. The summed E-state index contributed by atoms with van der Waals surface area (Å²) in [6.45, 7) is 2.23. The number of hydrogen-bond donors (Lipinski definition) is 0. The molecule has 0 bridgehead atoms. The Bertz CT molecular complexity index is 603. The van der Waals surface area contributed by atoms with Gasteiger partial charge in [0.15, 0.2) is 5.78 Å². The zero-order valence-electron chi connectivity index (χ0n) is 15.4. The van der Waals surface area contributed by atoms with Crippen LogP contribution in [-0.4, -0.2) is 17.3 Å². The number of benzene rings is 1. The molecular formula is C22H30O3. The van der Waals surface area contributed by atoms with Crippen LogP contribution in [0, 0.1) is 5.92 Å². The molecule has 0 spiro atoms. The Morgan fingerprint density at radius 1 is 0.680 bits per heavy atom. The molecule has 3 nitrogen and oxygen atoms in total. The van der Waals surface area contributed by atoms with Gasteiger partial charge in [-0.2, -0.15) is 0 Å². The fourth-order valence-electron chi connectivity index (χ4n) is 3.59. The highest BCUT2D eigenvalue weighted by atomic mass is 16.2. The second-order valence-corrected chi connectivity index (χ2v) is 7.13. The van der Waals surface area contributed by atoms with Crippen molar-refractivity contribution in [3.05, 3.63) is 35.4 Å². The lowest BCUT2D eigenvalue weighted by Gasteiger charge is -2.20. The van der Waals surface area contributed by atoms with Gasteiger partial charge in [-0.25, -0.2) is 0 Å². The van der Waals surface area contributed by atoms with Gasteiger partial charge in [-0.3, -0.25) is 14.4 Å².